The number of carbonyl (C=O) groups is 3. The van der Waals surface area contributed by atoms with Gasteiger partial charge in [0.2, 0.25) is 5.91 Å². The smallest absolute Gasteiger partial charge is 0.265 e. The number of rotatable bonds is 6. The Morgan fingerprint density at radius 2 is 1.79 bits per heavy atom. The number of nitrogens with one attached hydrogen (secondary N) is 2. The summed E-state index contributed by atoms with van der Waals surface area (Å²) in [6.07, 6.45) is 0. The summed E-state index contributed by atoms with van der Waals surface area (Å²) >= 11 is 6.06. The molecule has 33 heavy (non-hydrogen) atoms. The van der Waals surface area contributed by atoms with Gasteiger partial charge in [0.05, 0.1) is 23.0 Å². The molecule has 1 unspecified atom stereocenters. The lowest BCUT2D eigenvalue weighted by Crippen LogP contribution is -2.43. The number of amides is 3. The van der Waals surface area contributed by atoms with Crippen molar-refractivity contribution < 1.29 is 19.1 Å². The van der Waals surface area contributed by atoms with Gasteiger partial charge in [0.1, 0.15) is 12.3 Å². The van der Waals surface area contributed by atoms with E-state index in [1.807, 2.05) is 37.3 Å². The Hall–Kier alpha value is -3.84. The summed E-state index contributed by atoms with van der Waals surface area (Å²) in [5.74, 6) is -0.654. The molecule has 8 heteroatoms. The first kappa shape index (κ1) is 22.4. The number of hydrogen-bond donors (Lipinski definition) is 2. The summed E-state index contributed by atoms with van der Waals surface area (Å²) in [5.41, 5.74) is 2.07. The highest BCUT2D eigenvalue weighted by Gasteiger charge is 2.28. The standard InChI is InChI=1S/C25H22ClN3O4/c1-16(17-7-3-2-4-8-17)27-25(32)19-9-5-6-10-20(19)28-23(30)14-29-21-13-18(26)11-12-22(21)33-15-24(29)31/h2-13,16H,14-15H2,1H3,(H,27,32)(H,28,30). The van der Waals surface area contributed by atoms with E-state index in [9.17, 15) is 14.4 Å². The van der Waals surface area contributed by atoms with E-state index in [1.165, 1.54) is 4.90 Å². The minimum absolute atomic E-state index is 0.168. The Balaban J connectivity index is 1.48. The molecule has 0 saturated carbocycles. The molecule has 2 N–H and O–H groups in total. The lowest BCUT2D eigenvalue weighted by Gasteiger charge is -2.29. The molecule has 1 aliphatic heterocycles. The van der Waals surface area contributed by atoms with Crippen LogP contribution in [0, 0.1) is 0 Å². The Bertz CT molecular complexity index is 1200. The highest BCUT2D eigenvalue weighted by molar-refractivity contribution is 6.31. The Kier molecular flexibility index (Phi) is 6.60. The largest absolute Gasteiger partial charge is 0.482 e. The SMILES string of the molecule is CC(NC(=O)c1ccccc1NC(=O)CN1C(=O)COc2ccc(Cl)cc21)c1ccccc1. The molecule has 1 atom stereocenters. The maximum atomic E-state index is 12.9. The number of benzene rings is 3. The van der Waals surface area contributed by atoms with Crippen molar-refractivity contribution in [2.45, 2.75) is 13.0 Å². The van der Waals surface area contributed by atoms with Gasteiger partial charge >= 0.3 is 0 Å². The van der Waals surface area contributed by atoms with Crippen LogP contribution in [0.2, 0.25) is 5.02 Å². The quantitative estimate of drug-likeness (QED) is 0.573. The number of anilines is 2. The zero-order valence-electron chi connectivity index (χ0n) is 17.9. The van der Waals surface area contributed by atoms with E-state index in [0.717, 1.165) is 5.56 Å². The zero-order chi connectivity index (χ0) is 23.4. The van der Waals surface area contributed by atoms with Gasteiger partial charge in [-0.15, -0.1) is 0 Å². The van der Waals surface area contributed by atoms with E-state index in [0.29, 0.717) is 27.7 Å². The number of halogens is 1. The molecule has 3 aromatic rings. The van der Waals surface area contributed by atoms with Crippen LogP contribution in [0.3, 0.4) is 0 Å². The van der Waals surface area contributed by atoms with E-state index in [-0.39, 0.29) is 31.0 Å². The number of para-hydroxylation sites is 1. The predicted molar refractivity (Wildman–Crippen MR) is 127 cm³/mol. The fourth-order valence-electron chi connectivity index (χ4n) is 3.57. The van der Waals surface area contributed by atoms with Crippen molar-refractivity contribution in [1.82, 2.24) is 5.32 Å². The van der Waals surface area contributed by atoms with Crippen molar-refractivity contribution in [3.8, 4) is 5.75 Å². The van der Waals surface area contributed by atoms with Crippen molar-refractivity contribution in [3.63, 3.8) is 0 Å². The second-order valence-corrected chi connectivity index (χ2v) is 8.02. The summed E-state index contributed by atoms with van der Waals surface area (Å²) in [6.45, 7) is 1.48. The lowest BCUT2D eigenvalue weighted by atomic mass is 10.1. The van der Waals surface area contributed by atoms with Crippen LogP contribution >= 0.6 is 11.6 Å². The molecule has 1 heterocycles. The van der Waals surface area contributed by atoms with E-state index < -0.39 is 5.91 Å². The molecule has 3 amide bonds. The lowest BCUT2D eigenvalue weighted by molar-refractivity contribution is -0.123. The molecule has 0 aromatic heterocycles. The molecule has 0 bridgehead atoms. The second-order valence-electron chi connectivity index (χ2n) is 7.58. The maximum Gasteiger partial charge on any atom is 0.265 e. The van der Waals surface area contributed by atoms with Gasteiger partial charge in [-0.25, -0.2) is 0 Å². The number of carbonyl (C=O) groups excluding carboxylic acids is 3. The molecule has 0 spiro atoms. The fourth-order valence-corrected chi connectivity index (χ4v) is 3.74. The molecule has 4 rings (SSSR count). The summed E-state index contributed by atoms with van der Waals surface area (Å²) in [4.78, 5) is 39.5. The van der Waals surface area contributed by atoms with Crippen LogP contribution in [0.5, 0.6) is 5.75 Å². The van der Waals surface area contributed by atoms with Gasteiger partial charge in [-0.3, -0.25) is 19.3 Å². The zero-order valence-corrected chi connectivity index (χ0v) is 18.6. The summed E-state index contributed by atoms with van der Waals surface area (Å²) in [5, 5.41) is 6.12. The van der Waals surface area contributed by atoms with E-state index in [4.69, 9.17) is 16.3 Å². The Labute approximate surface area is 196 Å². The monoisotopic (exact) mass is 463 g/mol. The molecule has 0 radical (unpaired) electrons. The van der Waals surface area contributed by atoms with Crippen molar-refractivity contribution in [2.75, 3.05) is 23.4 Å². The second kappa shape index (κ2) is 9.75. The first-order valence-electron chi connectivity index (χ1n) is 10.4. The van der Waals surface area contributed by atoms with Crippen molar-refractivity contribution in [2.24, 2.45) is 0 Å². The van der Waals surface area contributed by atoms with Gasteiger partial charge in [0.25, 0.3) is 11.8 Å². The molecule has 168 valence electrons. The molecule has 7 nitrogen and oxygen atoms in total. The maximum absolute atomic E-state index is 12.9. The van der Waals surface area contributed by atoms with Gasteiger partial charge < -0.3 is 15.4 Å². The Morgan fingerprint density at radius 1 is 1.06 bits per heavy atom. The van der Waals surface area contributed by atoms with E-state index >= 15 is 0 Å². The normalized spacial score (nSPS) is 13.5. The number of nitrogens with zero attached hydrogens (tertiary/aromatic N) is 1. The van der Waals surface area contributed by atoms with Crippen LogP contribution in [0.25, 0.3) is 0 Å². The van der Waals surface area contributed by atoms with E-state index in [1.54, 1.807) is 42.5 Å². The van der Waals surface area contributed by atoms with Crippen LogP contribution in [-0.4, -0.2) is 30.9 Å². The number of hydrogen-bond acceptors (Lipinski definition) is 4. The molecule has 1 aliphatic rings. The van der Waals surface area contributed by atoms with Crippen LogP contribution < -0.4 is 20.3 Å². The highest BCUT2D eigenvalue weighted by Crippen LogP contribution is 2.34. The molecule has 0 aliphatic carbocycles. The van der Waals surface area contributed by atoms with Crippen molar-refractivity contribution in [1.29, 1.82) is 0 Å². The summed E-state index contributed by atoms with van der Waals surface area (Å²) in [6, 6.07) is 21.0. The first-order chi connectivity index (χ1) is 15.9. The average Bonchev–Trinajstić information content (AvgIpc) is 2.82. The van der Waals surface area contributed by atoms with Gasteiger partial charge in [0, 0.05) is 5.02 Å². The van der Waals surface area contributed by atoms with Gasteiger partial charge in [0.15, 0.2) is 6.61 Å². The summed E-state index contributed by atoms with van der Waals surface area (Å²) in [7, 11) is 0. The molecular formula is C25H22ClN3O4. The minimum Gasteiger partial charge on any atom is -0.482 e. The minimum atomic E-state index is -0.451. The topological polar surface area (TPSA) is 87.7 Å². The van der Waals surface area contributed by atoms with Gasteiger partial charge in [-0.05, 0) is 42.8 Å². The molecule has 0 fully saturated rings. The highest BCUT2D eigenvalue weighted by atomic mass is 35.5. The Morgan fingerprint density at radius 3 is 2.58 bits per heavy atom. The van der Waals surface area contributed by atoms with Gasteiger partial charge in [-0.2, -0.15) is 0 Å². The number of fused-ring (bicyclic) bond motifs is 1. The number of ether oxygens (including phenoxy) is 1. The third-order valence-electron chi connectivity index (χ3n) is 5.26. The fraction of sp³-hybridized carbons (Fsp3) is 0.160. The van der Waals surface area contributed by atoms with Crippen LogP contribution in [-0.2, 0) is 9.59 Å². The van der Waals surface area contributed by atoms with Crippen molar-refractivity contribution in [3.05, 3.63) is 88.9 Å². The molecular weight excluding hydrogens is 442 g/mol. The van der Waals surface area contributed by atoms with E-state index in [2.05, 4.69) is 10.6 Å². The third-order valence-corrected chi connectivity index (χ3v) is 5.49. The summed E-state index contributed by atoms with van der Waals surface area (Å²) < 4.78 is 5.41. The van der Waals surface area contributed by atoms with Gasteiger partial charge in [-0.1, -0.05) is 54.1 Å². The first-order valence-corrected chi connectivity index (χ1v) is 10.8. The van der Waals surface area contributed by atoms with Crippen LogP contribution in [0.1, 0.15) is 28.9 Å². The predicted octanol–water partition coefficient (Wildman–Crippen LogP) is 4.20. The van der Waals surface area contributed by atoms with Crippen molar-refractivity contribution >= 4 is 40.7 Å². The molecule has 0 saturated heterocycles. The van der Waals surface area contributed by atoms with Crippen LogP contribution in [0.15, 0.2) is 72.8 Å². The average molecular weight is 464 g/mol. The molecule has 3 aromatic carbocycles. The van der Waals surface area contributed by atoms with Crippen LogP contribution in [0.4, 0.5) is 11.4 Å². The third kappa shape index (κ3) is 5.15.